The molecule has 0 saturated carbocycles. The summed E-state index contributed by atoms with van der Waals surface area (Å²) in [6.07, 6.45) is 4.00. The van der Waals surface area contributed by atoms with Crippen LogP contribution in [0.15, 0.2) is 54.4 Å². The second-order valence-electron chi connectivity index (χ2n) is 6.57. The minimum absolute atomic E-state index is 0.205. The monoisotopic (exact) mass is 370 g/mol. The van der Waals surface area contributed by atoms with Crippen molar-refractivity contribution in [2.75, 3.05) is 26.7 Å². The summed E-state index contributed by atoms with van der Waals surface area (Å²) in [6.45, 7) is 6.53. The van der Waals surface area contributed by atoms with Gasteiger partial charge < -0.3 is 9.64 Å². The smallest absolute Gasteiger partial charge is 0.237 e. The average Bonchev–Trinajstić information content (AvgIpc) is 3.33. The second-order valence-corrected chi connectivity index (χ2v) is 7.55. The topological polar surface area (TPSA) is 32.8 Å². The lowest BCUT2D eigenvalue weighted by atomic mass is 10.2. The van der Waals surface area contributed by atoms with Crippen molar-refractivity contribution in [3.05, 3.63) is 64.9 Å². The van der Waals surface area contributed by atoms with Crippen LogP contribution in [0.3, 0.4) is 0 Å². The molecule has 138 valence electrons. The van der Waals surface area contributed by atoms with E-state index in [1.807, 2.05) is 30.3 Å². The summed E-state index contributed by atoms with van der Waals surface area (Å²) in [7, 11) is 1.66. The van der Waals surface area contributed by atoms with E-state index >= 15 is 0 Å². The molecule has 3 rings (SSSR count). The van der Waals surface area contributed by atoms with Gasteiger partial charge in [0.1, 0.15) is 5.75 Å². The van der Waals surface area contributed by atoms with Crippen molar-refractivity contribution in [1.29, 1.82) is 0 Å². The third kappa shape index (κ3) is 4.54. The second kappa shape index (κ2) is 9.01. The van der Waals surface area contributed by atoms with Gasteiger partial charge >= 0.3 is 0 Å². The standard InChI is InChI=1S/C21H26N2O2S/c1-3-12-22(15-17-8-10-18(25-2)11-9-17)16-21(24)23-13-4-6-19(23)20-7-5-14-26-20/h3,5,7-11,14,19H,1,4,6,12-13,15-16H2,2H3. The van der Waals surface area contributed by atoms with Gasteiger partial charge in [0.15, 0.2) is 0 Å². The number of methoxy groups -OCH3 is 1. The minimum Gasteiger partial charge on any atom is -0.497 e. The summed E-state index contributed by atoms with van der Waals surface area (Å²) < 4.78 is 5.21. The van der Waals surface area contributed by atoms with E-state index in [-0.39, 0.29) is 11.9 Å². The molecule has 1 unspecified atom stereocenters. The van der Waals surface area contributed by atoms with Crippen molar-refractivity contribution >= 4 is 17.2 Å². The van der Waals surface area contributed by atoms with Crippen molar-refractivity contribution in [2.45, 2.75) is 25.4 Å². The maximum atomic E-state index is 13.0. The van der Waals surface area contributed by atoms with Crippen LogP contribution in [0.2, 0.25) is 0 Å². The number of rotatable bonds is 8. The number of hydrogen-bond acceptors (Lipinski definition) is 4. The summed E-state index contributed by atoms with van der Waals surface area (Å²) in [5.41, 5.74) is 1.16. The molecule has 5 heteroatoms. The molecular formula is C21H26N2O2S. The quantitative estimate of drug-likeness (QED) is 0.656. The predicted octanol–water partition coefficient (Wildman–Crippen LogP) is 4.11. The Morgan fingerprint density at radius 1 is 1.38 bits per heavy atom. The number of likely N-dealkylation sites (tertiary alicyclic amines) is 1. The zero-order chi connectivity index (χ0) is 18.4. The van der Waals surface area contributed by atoms with Gasteiger partial charge in [-0.25, -0.2) is 0 Å². The van der Waals surface area contributed by atoms with E-state index in [2.05, 4.69) is 33.9 Å². The number of ether oxygens (including phenoxy) is 1. The predicted molar refractivity (Wildman–Crippen MR) is 106 cm³/mol. The SMILES string of the molecule is C=CCN(CC(=O)N1CCCC1c1cccs1)Cc1ccc(OC)cc1. The first-order valence-electron chi connectivity index (χ1n) is 9.00. The highest BCUT2D eigenvalue weighted by molar-refractivity contribution is 7.10. The van der Waals surface area contributed by atoms with Crippen LogP contribution in [-0.2, 0) is 11.3 Å². The van der Waals surface area contributed by atoms with Crippen LogP contribution in [0.5, 0.6) is 5.75 Å². The first kappa shape index (κ1) is 18.7. The fourth-order valence-corrected chi connectivity index (χ4v) is 4.35. The Morgan fingerprint density at radius 2 is 2.19 bits per heavy atom. The molecule has 1 amide bonds. The normalized spacial score (nSPS) is 16.8. The Morgan fingerprint density at radius 3 is 2.85 bits per heavy atom. The van der Waals surface area contributed by atoms with Crippen molar-refractivity contribution in [2.24, 2.45) is 0 Å². The first-order valence-corrected chi connectivity index (χ1v) is 9.88. The molecule has 1 aliphatic rings. The number of thiophene rings is 1. The van der Waals surface area contributed by atoms with Gasteiger partial charge in [0, 0.05) is 24.5 Å². The van der Waals surface area contributed by atoms with Crippen LogP contribution in [0.4, 0.5) is 0 Å². The third-order valence-corrected chi connectivity index (χ3v) is 5.73. The van der Waals surface area contributed by atoms with Gasteiger partial charge in [-0.05, 0) is 42.0 Å². The van der Waals surface area contributed by atoms with E-state index in [1.54, 1.807) is 18.4 Å². The lowest BCUT2D eigenvalue weighted by Crippen LogP contribution is -2.39. The number of carbonyl (C=O) groups is 1. The highest BCUT2D eigenvalue weighted by Crippen LogP contribution is 2.34. The summed E-state index contributed by atoms with van der Waals surface area (Å²) in [6, 6.07) is 12.4. The molecule has 0 N–H and O–H groups in total. The third-order valence-electron chi connectivity index (χ3n) is 4.76. The van der Waals surface area contributed by atoms with E-state index in [9.17, 15) is 4.79 Å². The van der Waals surface area contributed by atoms with Crippen LogP contribution >= 0.6 is 11.3 Å². The molecule has 0 bridgehead atoms. The van der Waals surface area contributed by atoms with Gasteiger partial charge in [-0.1, -0.05) is 24.3 Å². The molecule has 1 aliphatic heterocycles. The zero-order valence-electron chi connectivity index (χ0n) is 15.3. The first-order chi connectivity index (χ1) is 12.7. The fourth-order valence-electron chi connectivity index (χ4n) is 3.48. The Labute approximate surface area is 159 Å². The van der Waals surface area contributed by atoms with Crippen LogP contribution in [0.1, 0.15) is 29.3 Å². The fraction of sp³-hybridized carbons (Fsp3) is 0.381. The molecule has 1 aromatic heterocycles. The maximum absolute atomic E-state index is 13.0. The lowest BCUT2D eigenvalue weighted by Gasteiger charge is -2.28. The van der Waals surface area contributed by atoms with E-state index in [0.717, 1.165) is 37.2 Å². The van der Waals surface area contributed by atoms with E-state index in [0.29, 0.717) is 13.1 Å². The van der Waals surface area contributed by atoms with Crippen molar-refractivity contribution in [3.63, 3.8) is 0 Å². The molecule has 2 heterocycles. The molecular weight excluding hydrogens is 344 g/mol. The van der Waals surface area contributed by atoms with E-state index < -0.39 is 0 Å². The molecule has 1 aromatic carbocycles. The van der Waals surface area contributed by atoms with Gasteiger partial charge in [0.25, 0.3) is 0 Å². The summed E-state index contributed by atoms with van der Waals surface area (Å²) in [4.78, 5) is 18.4. The Hall–Kier alpha value is -2.11. The van der Waals surface area contributed by atoms with Crippen molar-refractivity contribution in [3.8, 4) is 5.75 Å². The Bertz CT molecular complexity index is 712. The average molecular weight is 371 g/mol. The molecule has 2 aromatic rings. The summed E-state index contributed by atoms with van der Waals surface area (Å²) >= 11 is 1.74. The number of amides is 1. The van der Waals surface area contributed by atoms with Crippen LogP contribution in [-0.4, -0.2) is 42.5 Å². The van der Waals surface area contributed by atoms with Crippen LogP contribution in [0, 0.1) is 0 Å². The highest BCUT2D eigenvalue weighted by Gasteiger charge is 2.31. The number of carbonyl (C=O) groups excluding carboxylic acids is 1. The Balaban J connectivity index is 1.64. The van der Waals surface area contributed by atoms with E-state index in [1.165, 1.54) is 4.88 Å². The molecule has 1 fully saturated rings. The molecule has 26 heavy (non-hydrogen) atoms. The van der Waals surface area contributed by atoms with Crippen molar-refractivity contribution < 1.29 is 9.53 Å². The van der Waals surface area contributed by atoms with Crippen LogP contribution in [0.25, 0.3) is 0 Å². The number of benzene rings is 1. The largest absolute Gasteiger partial charge is 0.497 e. The Kier molecular flexibility index (Phi) is 6.47. The summed E-state index contributed by atoms with van der Waals surface area (Å²) in [5, 5.41) is 2.09. The lowest BCUT2D eigenvalue weighted by molar-refractivity contribution is -0.133. The van der Waals surface area contributed by atoms with Crippen molar-refractivity contribution in [1.82, 2.24) is 9.80 Å². The molecule has 0 spiro atoms. The van der Waals surface area contributed by atoms with E-state index in [4.69, 9.17) is 4.74 Å². The molecule has 1 atom stereocenters. The molecule has 0 aliphatic carbocycles. The zero-order valence-corrected chi connectivity index (χ0v) is 16.1. The number of hydrogen-bond donors (Lipinski definition) is 0. The molecule has 4 nitrogen and oxygen atoms in total. The van der Waals surface area contributed by atoms with Gasteiger partial charge in [-0.15, -0.1) is 17.9 Å². The molecule has 1 saturated heterocycles. The van der Waals surface area contributed by atoms with Gasteiger partial charge in [0.05, 0.1) is 19.7 Å². The maximum Gasteiger partial charge on any atom is 0.237 e. The van der Waals surface area contributed by atoms with Gasteiger partial charge in [-0.2, -0.15) is 0 Å². The van der Waals surface area contributed by atoms with Gasteiger partial charge in [0.2, 0.25) is 5.91 Å². The van der Waals surface area contributed by atoms with Crippen LogP contribution < -0.4 is 4.74 Å². The van der Waals surface area contributed by atoms with Gasteiger partial charge in [-0.3, -0.25) is 9.69 Å². The molecule has 0 radical (unpaired) electrons. The minimum atomic E-state index is 0.205. The highest BCUT2D eigenvalue weighted by atomic mass is 32.1. The number of nitrogens with zero attached hydrogens (tertiary/aromatic N) is 2. The summed E-state index contributed by atoms with van der Waals surface area (Å²) in [5.74, 6) is 1.05.